The molecule has 0 aliphatic heterocycles. The standard InChI is InChI=1S/C18H19NO/c1-14(17-11-7-4-8-12-17)18(19-15(2)20)13-16-9-5-3-6-10-16/h3-12,18H,1,13H2,2H3,(H,19,20). The zero-order valence-corrected chi connectivity index (χ0v) is 11.7. The first-order valence-electron chi connectivity index (χ1n) is 6.72. The Balaban J connectivity index is 2.19. The lowest BCUT2D eigenvalue weighted by molar-refractivity contribution is -0.119. The van der Waals surface area contributed by atoms with Gasteiger partial charge in [0.25, 0.3) is 0 Å². The van der Waals surface area contributed by atoms with Crippen LogP contribution in [0.3, 0.4) is 0 Å². The summed E-state index contributed by atoms with van der Waals surface area (Å²) >= 11 is 0. The second-order valence-electron chi connectivity index (χ2n) is 4.83. The molecule has 1 N–H and O–H groups in total. The molecular weight excluding hydrogens is 246 g/mol. The van der Waals surface area contributed by atoms with Gasteiger partial charge in [-0.25, -0.2) is 0 Å². The molecule has 20 heavy (non-hydrogen) atoms. The quantitative estimate of drug-likeness (QED) is 0.881. The van der Waals surface area contributed by atoms with E-state index in [2.05, 4.69) is 24.0 Å². The number of amides is 1. The maximum Gasteiger partial charge on any atom is 0.217 e. The van der Waals surface area contributed by atoms with Crippen LogP contribution in [0.4, 0.5) is 0 Å². The van der Waals surface area contributed by atoms with Gasteiger partial charge in [0.2, 0.25) is 5.91 Å². The van der Waals surface area contributed by atoms with Crippen LogP contribution in [0.5, 0.6) is 0 Å². The van der Waals surface area contributed by atoms with Crippen molar-refractivity contribution in [2.45, 2.75) is 19.4 Å². The molecule has 0 aliphatic rings. The van der Waals surface area contributed by atoms with E-state index in [1.807, 2.05) is 48.5 Å². The summed E-state index contributed by atoms with van der Waals surface area (Å²) in [6.07, 6.45) is 0.744. The summed E-state index contributed by atoms with van der Waals surface area (Å²) in [5, 5.41) is 2.99. The van der Waals surface area contributed by atoms with Crippen molar-refractivity contribution in [2.75, 3.05) is 0 Å². The Morgan fingerprint density at radius 2 is 1.60 bits per heavy atom. The van der Waals surface area contributed by atoms with Crippen molar-refractivity contribution in [1.29, 1.82) is 0 Å². The minimum absolute atomic E-state index is 0.0389. The molecule has 0 saturated carbocycles. The number of hydrogen-bond donors (Lipinski definition) is 1. The summed E-state index contributed by atoms with van der Waals surface area (Å²) < 4.78 is 0. The Hall–Kier alpha value is -2.35. The molecule has 0 aromatic heterocycles. The molecule has 2 heteroatoms. The van der Waals surface area contributed by atoms with Gasteiger partial charge in [-0.2, -0.15) is 0 Å². The lowest BCUT2D eigenvalue weighted by Gasteiger charge is -2.21. The predicted molar refractivity (Wildman–Crippen MR) is 83.2 cm³/mol. The molecule has 2 aromatic carbocycles. The lowest BCUT2D eigenvalue weighted by Crippen LogP contribution is -2.35. The number of carbonyl (C=O) groups excluding carboxylic acids is 1. The first kappa shape index (κ1) is 14.1. The van der Waals surface area contributed by atoms with Gasteiger partial charge < -0.3 is 5.32 Å². The molecule has 2 nitrogen and oxygen atoms in total. The van der Waals surface area contributed by atoms with Gasteiger partial charge in [0.15, 0.2) is 0 Å². The molecule has 1 amide bonds. The zero-order chi connectivity index (χ0) is 14.4. The SMILES string of the molecule is C=C(c1ccccc1)C(Cc1ccccc1)NC(C)=O. The van der Waals surface area contributed by atoms with E-state index in [4.69, 9.17) is 0 Å². The highest BCUT2D eigenvalue weighted by Crippen LogP contribution is 2.19. The Kier molecular flexibility index (Phi) is 4.72. The molecule has 102 valence electrons. The van der Waals surface area contributed by atoms with Crippen molar-refractivity contribution in [3.8, 4) is 0 Å². The monoisotopic (exact) mass is 265 g/mol. The van der Waals surface area contributed by atoms with E-state index >= 15 is 0 Å². The van der Waals surface area contributed by atoms with Crippen molar-refractivity contribution in [1.82, 2.24) is 5.32 Å². The number of rotatable bonds is 5. The average molecular weight is 265 g/mol. The number of nitrogens with one attached hydrogen (secondary N) is 1. The van der Waals surface area contributed by atoms with Crippen molar-refractivity contribution >= 4 is 11.5 Å². The Morgan fingerprint density at radius 1 is 1.05 bits per heavy atom. The molecule has 0 spiro atoms. The van der Waals surface area contributed by atoms with Gasteiger partial charge in [0, 0.05) is 6.92 Å². The summed E-state index contributed by atoms with van der Waals surface area (Å²) in [4.78, 5) is 11.4. The Labute approximate surface area is 120 Å². The molecule has 1 unspecified atom stereocenters. The molecule has 0 bridgehead atoms. The molecule has 2 aromatic rings. The first-order valence-corrected chi connectivity index (χ1v) is 6.72. The van der Waals surface area contributed by atoms with Gasteiger partial charge in [0.05, 0.1) is 6.04 Å². The minimum Gasteiger partial charge on any atom is -0.349 e. The molecule has 2 rings (SSSR count). The van der Waals surface area contributed by atoms with Crippen LogP contribution in [0.15, 0.2) is 67.2 Å². The first-order chi connectivity index (χ1) is 9.66. The van der Waals surface area contributed by atoms with Gasteiger partial charge in [-0.1, -0.05) is 67.2 Å². The molecule has 0 fully saturated rings. The number of benzene rings is 2. The fraction of sp³-hybridized carbons (Fsp3) is 0.167. The van der Waals surface area contributed by atoms with Gasteiger partial charge in [-0.15, -0.1) is 0 Å². The molecule has 0 radical (unpaired) electrons. The van der Waals surface area contributed by atoms with E-state index in [0.29, 0.717) is 0 Å². The van der Waals surface area contributed by atoms with E-state index in [1.165, 1.54) is 12.5 Å². The summed E-state index contributed by atoms with van der Waals surface area (Å²) in [6, 6.07) is 20.0. The second kappa shape index (κ2) is 6.71. The van der Waals surface area contributed by atoms with Gasteiger partial charge in [0.1, 0.15) is 0 Å². The largest absolute Gasteiger partial charge is 0.349 e. The minimum atomic E-state index is -0.0858. The highest BCUT2D eigenvalue weighted by atomic mass is 16.1. The van der Waals surface area contributed by atoms with Crippen LogP contribution < -0.4 is 5.32 Å². The van der Waals surface area contributed by atoms with E-state index in [0.717, 1.165) is 17.6 Å². The van der Waals surface area contributed by atoms with Crippen LogP contribution in [0.25, 0.3) is 5.57 Å². The van der Waals surface area contributed by atoms with Crippen molar-refractivity contribution in [2.24, 2.45) is 0 Å². The maximum absolute atomic E-state index is 11.4. The fourth-order valence-electron chi connectivity index (χ4n) is 2.21. The fourth-order valence-corrected chi connectivity index (χ4v) is 2.21. The van der Waals surface area contributed by atoms with E-state index in [-0.39, 0.29) is 11.9 Å². The molecular formula is C18H19NO. The average Bonchev–Trinajstić information content (AvgIpc) is 2.47. The Morgan fingerprint density at radius 3 is 2.15 bits per heavy atom. The van der Waals surface area contributed by atoms with Crippen molar-refractivity contribution in [3.63, 3.8) is 0 Å². The van der Waals surface area contributed by atoms with Gasteiger partial charge >= 0.3 is 0 Å². The van der Waals surface area contributed by atoms with Crippen LogP contribution in [0.1, 0.15) is 18.1 Å². The van der Waals surface area contributed by atoms with Crippen molar-refractivity contribution < 1.29 is 4.79 Å². The molecule has 0 saturated heterocycles. The Bertz CT molecular complexity index is 575. The van der Waals surface area contributed by atoms with E-state index in [1.54, 1.807) is 0 Å². The smallest absolute Gasteiger partial charge is 0.217 e. The normalized spacial score (nSPS) is 11.7. The third kappa shape index (κ3) is 3.82. The third-order valence-electron chi connectivity index (χ3n) is 3.23. The van der Waals surface area contributed by atoms with Crippen LogP contribution in [-0.2, 0) is 11.2 Å². The third-order valence-corrected chi connectivity index (χ3v) is 3.23. The summed E-state index contributed by atoms with van der Waals surface area (Å²) in [5.41, 5.74) is 3.18. The molecule has 0 aliphatic carbocycles. The second-order valence-corrected chi connectivity index (χ2v) is 4.83. The van der Waals surface area contributed by atoms with Crippen LogP contribution >= 0.6 is 0 Å². The van der Waals surface area contributed by atoms with Gasteiger partial charge in [-0.05, 0) is 23.1 Å². The highest BCUT2D eigenvalue weighted by Gasteiger charge is 2.15. The molecule has 0 heterocycles. The number of carbonyl (C=O) groups is 1. The van der Waals surface area contributed by atoms with Crippen molar-refractivity contribution in [3.05, 3.63) is 78.4 Å². The lowest BCUT2D eigenvalue weighted by atomic mass is 9.94. The van der Waals surface area contributed by atoms with Gasteiger partial charge in [-0.3, -0.25) is 4.79 Å². The summed E-state index contributed by atoms with van der Waals surface area (Å²) in [7, 11) is 0. The summed E-state index contributed by atoms with van der Waals surface area (Å²) in [5.74, 6) is -0.0389. The number of hydrogen-bond acceptors (Lipinski definition) is 1. The van der Waals surface area contributed by atoms with Crippen LogP contribution in [0.2, 0.25) is 0 Å². The predicted octanol–water partition coefficient (Wildman–Crippen LogP) is 3.45. The topological polar surface area (TPSA) is 29.1 Å². The zero-order valence-electron chi connectivity index (χ0n) is 11.7. The summed E-state index contributed by atoms with van der Waals surface area (Å²) in [6.45, 7) is 5.70. The van der Waals surface area contributed by atoms with Crippen LogP contribution in [-0.4, -0.2) is 11.9 Å². The maximum atomic E-state index is 11.4. The highest BCUT2D eigenvalue weighted by molar-refractivity contribution is 5.78. The van der Waals surface area contributed by atoms with E-state index in [9.17, 15) is 4.79 Å². The molecule has 1 atom stereocenters. The van der Waals surface area contributed by atoms with Crippen LogP contribution in [0, 0.1) is 0 Å². The van der Waals surface area contributed by atoms with E-state index < -0.39 is 0 Å².